The molecule has 3 aromatic rings. The van der Waals surface area contributed by atoms with E-state index in [-0.39, 0.29) is 11.7 Å². The summed E-state index contributed by atoms with van der Waals surface area (Å²) in [5.74, 6) is 0.376. The van der Waals surface area contributed by atoms with Crippen LogP contribution in [0.2, 0.25) is 0 Å². The highest BCUT2D eigenvalue weighted by Crippen LogP contribution is 2.25. The van der Waals surface area contributed by atoms with Crippen molar-refractivity contribution in [3.05, 3.63) is 65.0 Å². The van der Waals surface area contributed by atoms with E-state index in [1.165, 1.54) is 12.1 Å². The number of hydrogen-bond acceptors (Lipinski definition) is 5. The predicted molar refractivity (Wildman–Crippen MR) is 105 cm³/mol. The maximum Gasteiger partial charge on any atom is 0.254 e. The van der Waals surface area contributed by atoms with Crippen molar-refractivity contribution in [1.82, 2.24) is 14.9 Å². The van der Waals surface area contributed by atoms with Crippen molar-refractivity contribution in [1.29, 1.82) is 0 Å². The molecule has 27 heavy (non-hydrogen) atoms. The third-order valence-corrected chi connectivity index (χ3v) is 5.59. The Hall–Kier alpha value is -2.80. The van der Waals surface area contributed by atoms with Gasteiger partial charge in [0.05, 0.1) is 0 Å². The third kappa shape index (κ3) is 3.83. The van der Waals surface area contributed by atoms with E-state index >= 15 is 0 Å². The normalized spacial score (nSPS) is 14.4. The Morgan fingerprint density at radius 2 is 1.96 bits per heavy atom. The first-order valence-corrected chi connectivity index (χ1v) is 9.66. The molecule has 7 heteroatoms. The summed E-state index contributed by atoms with van der Waals surface area (Å²) in [4.78, 5) is 25.5. The average molecular weight is 382 g/mol. The van der Waals surface area contributed by atoms with Gasteiger partial charge in [-0.1, -0.05) is 6.07 Å². The van der Waals surface area contributed by atoms with E-state index in [4.69, 9.17) is 0 Å². The molecule has 0 atom stereocenters. The number of halogens is 1. The summed E-state index contributed by atoms with van der Waals surface area (Å²) in [7, 11) is 0. The number of aromatic nitrogens is 2. The van der Waals surface area contributed by atoms with Crippen molar-refractivity contribution in [3.63, 3.8) is 0 Å². The third-order valence-electron chi connectivity index (χ3n) is 4.58. The summed E-state index contributed by atoms with van der Waals surface area (Å²) >= 11 is 1.61. The van der Waals surface area contributed by atoms with Crippen LogP contribution >= 0.6 is 11.3 Å². The largest absolute Gasteiger partial charge is 0.353 e. The predicted octanol–water partition coefficient (Wildman–Crippen LogP) is 3.62. The molecule has 0 radical (unpaired) electrons. The van der Waals surface area contributed by atoms with Gasteiger partial charge in [-0.15, -0.1) is 11.3 Å². The number of benzene rings is 1. The van der Waals surface area contributed by atoms with E-state index in [2.05, 4.69) is 14.9 Å². The number of nitrogens with zero attached hydrogens (tertiary/aromatic N) is 4. The number of anilines is 1. The molecular weight excluding hydrogens is 363 g/mol. The summed E-state index contributed by atoms with van der Waals surface area (Å²) in [6.45, 7) is 4.55. The topological polar surface area (TPSA) is 49.3 Å². The van der Waals surface area contributed by atoms with Gasteiger partial charge >= 0.3 is 0 Å². The second-order valence-electron chi connectivity index (χ2n) is 6.49. The summed E-state index contributed by atoms with van der Waals surface area (Å²) in [5.41, 5.74) is 2.42. The maximum absolute atomic E-state index is 13.3. The molecule has 0 aliphatic carbocycles. The number of thiazole rings is 1. The quantitative estimate of drug-likeness (QED) is 0.694. The second kappa shape index (κ2) is 7.44. The van der Waals surface area contributed by atoms with Crippen LogP contribution in [-0.2, 0) is 0 Å². The molecule has 0 unspecified atom stereocenters. The highest BCUT2D eigenvalue weighted by Gasteiger charge is 2.23. The van der Waals surface area contributed by atoms with Crippen LogP contribution in [0.3, 0.4) is 0 Å². The van der Waals surface area contributed by atoms with Gasteiger partial charge < -0.3 is 9.80 Å². The van der Waals surface area contributed by atoms with Crippen molar-refractivity contribution >= 4 is 23.1 Å². The molecule has 3 heterocycles. The van der Waals surface area contributed by atoms with Crippen molar-refractivity contribution in [2.75, 3.05) is 31.1 Å². The van der Waals surface area contributed by atoms with E-state index in [0.717, 1.165) is 22.1 Å². The van der Waals surface area contributed by atoms with E-state index in [0.29, 0.717) is 31.7 Å². The summed E-state index contributed by atoms with van der Waals surface area (Å²) in [5, 5.41) is 3.00. The van der Waals surface area contributed by atoms with Gasteiger partial charge in [0.25, 0.3) is 5.91 Å². The van der Waals surface area contributed by atoms with Gasteiger partial charge in [-0.05, 0) is 37.3 Å². The number of hydrogen-bond donors (Lipinski definition) is 0. The fraction of sp³-hybridized carbons (Fsp3) is 0.250. The fourth-order valence-corrected chi connectivity index (χ4v) is 3.92. The molecule has 0 spiro atoms. The van der Waals surface area contributed by atoms with E-state index in [1.54, 1.807) is 28.4 Å². The van der Waals surface area contributed by atoms with Crippen molar-refractivity contribution in [2.45, 2.75) is 6.92 Å². The van der Waals surface area contributed by atoms with Crippen LogP contribution in [0.15, 0.2) is 48.0 Å². The highest BCUT2D eigenvalue weighted by molar-refractivity contribution is 7.13. The Bertz CT molecular complexity index is 949. The van der Waals surface area contributed by atoms with Gasteiger partial charge in [-0.3, -0.25) is 4.79 Å². The first-order valence-electron chi connectivity index (χ1n) is 8.78. The lowest BCUT2D eigenvalue weighted by Gasteiger charge is -2.35. The molecule has 1 saturated heterocycles. The standard InChI is InChI=1S/C20H19FN4OS/c1-14-13-27-19(23-14)16-5-6-18(22-12-16)24-7-9-25(10-8-24)20(26)15-3-2-4-17(21)11-15/h2-6,11-13H,7-10H2,1H3. The number of rotatable bonds is 3. The summed E-state index contributed by atoms with van der Waals surface area (Å²) in [6.07, 6.45) is 1.85. The minimum atomic E-state index is -0.390. The van der Waals surface area contributed by atoms with E-state index in [9.17, 15) is 9.18 Å². The Labute approximate surface area is 161 Å². The zero-order valence-corrected chi connectivity index (χ0v) is 15.7. The first kappa shape index (κ1) is 17.6. The number of carbonyl (C=O) groups excluding carboxylic acids is 1. The van der Waals surface area contributed by atoms with Crippen molar-refractivity contribution in [3.8, 4) is 10.6 Å². The molecule has 1 aliphatic rings. The van der Waals surface area contributed by atoms with Crippen LogP contribution in [0.5, 0.6) is 0 Å². The number of pyridine rings is 1. The Morgan fingerprint density at radius 1 is 1.15 bits per heavy atom. The molecule has 0 saturated carbocycles. The van der Waals surface area contributed by atoms with Crippen molar-refractivity contribution in [2.24, 2.45) is 0 Å². The molecule has 138 valence electrons. The Morgan fingerprint density at radius 3 is 2.59 bits per heavy atom. The molecule has 0 bridgehead atoms. The fourth-order valence-electron chi connectivity index (χ4n) is 3.13. The van der Waals surface area contributed by atoms with Gasteiger partial charge in [-0.25, -0.2) is 14.4 Å². The average Bonchev–Trinajstić information content (AvgIpc) is 3.14. The molecule has 1 amide bonds. The van der Waals surface area contributed by atoms with E-state index < -0.39 is 0 Å². The SMILES string of the molecule is Cc1csc(-c2ccc(N3CCN(C(=O)c4cccc(F)c4)CC3)nc2)n1. The first-order chi connectivity index (χ1) is 13.1. The molecule has 4 rings (SSSR count). The van der Waals surface area contributed by atoms with Gasteiger partial charge in [0, 0.05) is 54.6 Å². The van der Waals surface area contributed by atoms with Crippen LogP contribution in [-0.4, -0.2) is 47.0 Å². The van der Waals surface area contributed by atoms with Crippen LogP contribution in [0.25, 0.3) is 10.6 Å². The lowest BCUT2D eigenvalue weighted by atomic mass is 10.1. The summed E-state index contributed by atoms with van der Waals surface area (Å²) in [6, 6.07) is 9.88. The van der Waals surface area contributed by atoms with E-state index in [1.807, 2.05) is 30.6 Å². The number of piperazine rings is 1. The molecule has 1 aliphatic heterocycles. The molecule has 2 aromatic heterocycles. The van der Waals surface area contributed by atoms with Crippen LogP contribution in [0, 0.1) is 12.7 Å². The smallest absolute Gasteiger partial charge is 0.254 e. The molecule has 1 fully saturated rings. The maximum atomic E-state index is 13.3. The van der Waals surface area contributed by atoms with Gasteiger partial charge in [0.2, 0.25) is 0 Å². The summed E-state index contributed by atoms with van der Waals surface area (Å²) < 4.78 is 13.3. The molecule has 5 nitrogen and oxygen atoms in total. The molecular formula is C20H19FN4OS. The second-order valence-corrected chi connectivity index (χ2v) is 7.35. The zero-order valence-electron chi connectivity index (χ0n) is 14.9. The minimum absolute atomic E-state index is 0.128. The highest BCUT2D eigenvalue weighted by atomic mass is 32.1. The number of amides is 1. The molecule has 0 N–H and O–H groups in total. The van der Waals surface area contributed by atoms with Crippen LogP contribution in [0.4, 0.5) is 10.2 Å². The molecule has 1 aromatic carbocycles. The number of carbonyl (C=O) groups is 1. The lowest BCUT2D eigenvalue weighted by molar-refractivity contribution is 0.0746. The van der Waals surface area contributed by atoms with Gasteiger partial charge in [0.15, 0.2) is 0 Å². The van der Waals surface area contributed by atoms with Crippen molar-refractivity contribution < 1.29 is 9.18 Å². The van der Waals surface area contributed by atoms with Crippen LogP contribution in [0.1, 0.15) is 16.1 Å². The lowest BCUT2D eigenvalue weighted by Crippen LogP contribution is -2.49. The zero-order chi connectivity index (χ0) is 18.8. The Balaban J connectivity index is 1.39. The van der Waals surface area contributed by atoms with Gasteiger partial charge in [-0.2, -0.15) is 0 Å². The number of aryl methyl sites for hydroxylation is 1. The van der Waals surface area contributed by atoms with Crippen LogP contribution < -0.4 is 4.90 Å². The monoisotopic (exact) mass is 382 g/mol. The minimum Gasteiger partial charge on any atom is -0.353 e. The van der Waals surface area contributed by atoms with Gasteiger partial charge in [0.1, 0.15) is 16.6 Å². The Kier molecular flexibility index (Phi) is 4.85.